The number of hydrogen-bond acceptors (Lipinski definition) is 4. The first-order valence-corrected chi connectivity index (χ1v) is 10.1. The molecule has 3 rings (SSSR count). The van der Waals surface area contributed by atoms with E-state index in [1.165, 1.54) is 5.56 Å². The molecule has 2 heterocycles. The maximum Gasteiger partial charge on any atom is 0.290 e. The number of nitrogens with zero attached hydrogens (tertiary/aromatic N) is 3. The van der Waals surface area contributed by atoms with Crippen LogP contribution < -0.4 is 0 Å². The van der Waals surface area contributed by atoms with E-state index in [-0.39, 0.29) is 23.5 Å². The monoisotopic (exact) mass is 379 g/mol. The van der Waals surface area contributed by atoms with Crippen LogP contribution >= 0.6 is 0 Å². The van der Waals surface area contributed by atoms with Gasteiger partial charge in [0.15, 0.2) is 0 Å². The Morgan fingerprint density at radius 1 is 1.29 bits per heavy atom. The van der Waals surface area contributed by atoms with Gasteiger partial charge in [0.25, 0.3) is 5.91 Å². The largest absolute Gasteiger partial charge is 0.335 e. The molecule has 0 N–H and O–H groups in total. The lowest BCUT2D eigenvalue weighted by Crippen LogP contribution is -2.44. The fourth-order valence-corrected chi connectivity index (χ4v) is 3.77. The molecule has 2 aromatic rings. The summed E-state index contributed by atoms with van der Waals surface area (Å²) in [6, 6.07) is 8.31. The second-order valence-corrected chi connectivity index (χ2v) is 7.85. The smallest absolute Gasteiger partial charge is 0.290 e. The van der Waals surface area contributed by atoms with Gasteiger partial charge >= 0.3 is 0 Å². The topological polar surface area (TPSA) is 63.2 Å². The Labute approximate surface area is 167 Å². The van der Waals surface area contributed by atoms with E-state index in [2.05, 4.69) is 30.1 Å². The van der Waals surface area contributed by atoms with Crippen molar-refractivity contribution in [1.82, 2.24) is 14.9 Å². The molecule has 1 fully saturated rings. The second-order valence-electron chi connectivity index (χ2n) is 7.85. The summed E-state index contributed by atoms with van der Waals surface area (Å²) in [7, 11) is 0. The molecule has 1 aromatic carbocycles. The Morgan fingerprint density at radius 3 is 2.79 bits per heavy atom. The lowest BCUT2D eigenvalue weighted by molar-refractivity contribution is -0.147. The molecule has 2 atom stereocenters. The molecular formula is C23H29N3O2. The number of aromatic nitrogens is 2. The van der Waals surface area contributed by atoms with Crippen LogP contribution in [0.3, 0.4) is 0 Å². The van der Waals surface area contributed by atoms with E-state index < -0.39 is 0 Å². The quantitative estimate of drug-likeness (QED) is 0.734. The Balaban J connectivity index is 1.90. The number of rotatable bonds is 5. The highest BCUT2D eigenvalue weighted by Gasteiger charge is 2.32. The summed E-state index contributed by atoms with van der Waals surface area (Å²) in [5.41, 5.74) is 4.27. The van der Waals surface area contributed by atoms with Gasteiger partial charge < -0.3 is 4.90 Å². The molecule has 5 heteroatoms. The minimum Gasteiger partial charge on any atom is -0.335 e. The number of hydrogen-bond donors (Lipinski definition) is 0. The van der Waals surface area contributed by atoms with Gasteiger partial charge in [0.1, 0.15) is 5.82 Å². The summed E-state index contributed by atoms with van der Waals surface area (Å²) in [6.07, 6.45) is 4.40. The average molecular weight is 380 g/mol. The maximum absolute atomic E-state index is 12.7. The van der Waals surface area contributed by atoms with Gasteiger partial charge in [-0.1, -0.05) is 43.7 Å². The molecule has 1 aliphatic heterocycles. The number of ketones is 1. The fourth-order valence-electron chi connectivity index (χ4n) is 3.77. The van der Waals surface area contributed by atoms with Crippen LogP contribution in [0.25, 0.3) is 11.1 Å². The van der Waals surface area contributed by atoms with Crippen molar-refractivity contribution in [2.75, 3.05) is 13.1 Å². The lowest BCUT2D eigenvalue weighted by atomic mass is 9.89. The molecular weight excluding hydrogens is 350 g/mol. The highest BCUT2D eigenvalue weighted by atomic mass is 16.2. The molecule has 2 unspecified atom stereocenters. The molecule has 0 bridgehead atoms. The zero-order chi connectivity index (χ0) is 20.3. The predicted octanol–water partition coefficient (Wildman–Crippen LogP) is 4.08. The summed E-state index contributed by atoms with van der Waals surface area (Å²) in [5, 5.41) is 0. The van der Waals surface area contributed by atoms with Crippen LogP contribution in [0.15, 0.2) is 30.5 Å². The van der Waals surface area contributed by atoms with Gasteiger partial charge in [-0.3, -0.25) is 9.59 Å². The number of benzene rings is 1. The highest BCUT2D eigenvalue weighted by molar-refractivity contribution is 6.36. The summed E-state index contributed by atoms with van der Waals surface area (Å²) in [6.45, 7) is 8.90. The molecule has 1 saturated heterocycles. The van der Waals surface area contributed by atoms with E-state index in [1.54, 1.807) is 4.90 Å². The van der Waals surface area contributed by atoms with Crippen molar-refractivity contribution >= 4 is 11.7 Å². The van der Waals surface area contributed by atoms with E-state index >= 15 is 0 Å². The van der Waals surface area contributed by atoms with Crippen molar-refractivity contribution in [3.8, 4) is 11.1 Å². The Hall–Kier alpha value is -2.56. The number of Topliss-reactive ketones (excluding diaryl/α,β-unsaturated/α-hetero) is 1. The zero-order valence-electron chi connectivity index (χ0n) is 17.2. The normalized spacial score (nSPS) is 18.0. The number of likely N-dealkylation sites (tertiary alicyclic amines) is 1. The number of amides is 1. The van der Waals surface area contributed by atoms with Gasteiger partial charge in [-0.2, -0.15) is 0 Å². The Kier molecular flexibility index (Phi) is 6.22. The average Bonchev–Trinajstić information content (AvgIpc) is 2.72. The van der Waals surface area contributed by atoms with Crippen LogP contribution in [0.4, 0.5) is 0 Å². The molecule has 0 saturated carbocycles. The molecule has 0 aliphatic carbocycles. The van der Waals surface area contributed by atoms with Crippen LogP contribution in [0.5, 0.6) is 0 Å². The first kappa shape index (κ1) is 20.2. The van der Waals surface area contributed by atoms with Gasteiger partial charge in [0.05, 0.1) is 5.69 Å². The van der Waals surface area contributed by atoms with Crippen molar-refractivity contribution in [3.05, 3.63) is 47.5 Å². The third kappa shape index (κ3) is 4.29. The van der Waals surface area contributed by atoms with Crippen molar-refractivity contribution in [2.24, 2.45) is 5.92 Å². The second kappa shape index (κ2) is 8.63. The van der Waals surface area contributed by atoms with E-state index in [4.69, 9.17) is 4.98 Å². The summed E-state index contributed by atoms with van der Waals surface area (Å²) >= 11 is 0. The van der Waals surface area contributed by atoms with E-state index in [0.29, 0.717) is 19.5 Å². The molecule has 0 spiro atoms. The minimum absolute atomic E-state index is 0.111. The highest BCUT2D eigenvalue weighted by Crippen LogP contribution is 2.33. The SMILES string of the molecule is CCC(C)C(=O)C(=O)N1CCCC(c2nc(C)ncc2-c2cccc(C)c2)C1. The Bertz CT molecular complexity index is 878. The van der Waals surface area contributed by atoms with Crippen molar-refractivity contribution < 1.29 is 9.59 Å². The first-order valence-electron chi connectivity index (χ1n) is 10.1. The number of carbonyl (C=O) groups excluding carboxylic acids is 2. The zero-order valence-corrected chi connectivity index (χ0v) is 17.2. The standard InChI is InChI=1S/C23H29N3O2/c1-5-16(3)22(27)23(28)26-11-7-10-19(14-26)21-20(13-24-17(4)25-21)18-9-6-8-15(2)12-18/h6,8-9,12-13,16,19H,5,7,10-11,14H2,1-4H3. The van der Waals surface area contributed by atoms with E-state index in [9.17, 15) is 9.59 Å². The number of carbonyl (C=O) groups is 2. The third-order valence-electron chi connectivity index (χ3n) is 5.63. The van der Waals surface area contributed by atoms with Crippen LogP contribution in [-0.4, -0.2) is 39.6 Å². The van der Waals surface area contributed by atoms with Crippen molar-refractivity contribution in [3.63, 3.8) is 0 Å². The van der Waals surface area contributed by atoms with Gasteiger partial charge in [0.2, 0.25) is 5.78 Å². The van der Waals surface area contributed by atoms with E-state index in [0.717, 1.165) is 35.5 Å². The first-order chi connectivity index (χ1) is 13.4. The summed E-state index contributed by atoms with van der Waals surface area (Å²) in [4.78, 5) is 36.0. The predicted molar refractivity (Wildman–Crippen MR) is 110 cm³/mol. The van der Waals surface area contributed by atoms with E-state index in [1.807, 2.05) is 33.0 Å². The number of piperidine rings is 1. The van der Waals surface area contributed by atoms with Crippen LogP contribution in [-0.2, 0) is 9.59 Å². The summed E-state index contributed by atoms with van der Waals surface area (Å²) in [5.74, 6) is -0.00920. The Morgan fingerprint density at radius 2 is 2.07 bits per heavy atom. The molecule has 28 heavy (non-hydrogen) atoms. The number of aryl methyl sites for hydroxylation is 2. The van der Waals surface area contributed by atoms with Crippen LogP contribution in [0, 0.1) is 19.8 Å². The third-order valence-corrected chi connectivity index (χ3v) is 5.63. The molecule has 1 aromatic heterocycles. The van der Waals surface area contributed by atoms with Crippen LogP contribution in [0.2, 0.25) is 0 Å². The lowest BCUT2D eigenvalue weighted by Gasteiger charge is -2.33. The molecule has 1 amide bonds. The van der Waals surface area contributed by atoms with Crippen molar-refractivity contribution in [2.45, 2.75) is 52.9 Å². The van der Waals surface area contributed by atoms with Gasteiger partial charge in [-0.15, -0.1) is 0 Å². The summed E-state index contributed by atoms with van der Waals surface area (Å²) < 4.78 is 0. The van der Waals surface area contributed by atoms with Crippen molar-refractivity contribution in [1.29, 1.82) is 0 Å². The molecule has 148 valence electrons. The minimum atomic E-state index is -0.345. The molecule has 5 nitrogen and oxygen atoms in total. The van der Waals surface area contributed by atoms with Gasteiger partial charge in [-0.25, -0.2) is 9.97 Å². The molecule has 0 radical (unpaired) electrons. The molecule has 1 aliphatic rings. The van der Waals surface area contributed by atoms with Gasteiger partial charge in [-0.05, 0) is 38.7 Å². The fraction of sp³-hybridized carbons (Fsp3) is 0.478. The van der Waals surface area contributed by atoms with Crippen LogP contribution in [0.1, 0.15) is 56.1 Å². The maximum atomic E-state index is 12.7. The van der Waals surface area contributed by atoms with Gasteiger partial charge in [0, 0.05) is 36.7 Å².